The Morgan fingerprint density at radius 2 is 2.29 bits per heavy atom. The molecule has 94 valence electrons. The highest BCUT2D eigenvalue weighted by Gasteiger charge is 2.47. The minimum atomic E-state index is -0.334. The van der Waals surface area contributed by atoms with Crippen molar-refractivity contribution in [2.24, 2.45) is 5.41 Å². The van der Waals surface area contributed by atoms with Crippen molar-refractivity contribution in [1.82, 2.24) is 5.32 Å². The molecule has 1 aliphatic heterocycles. The molecule has 0 aromatic carbocycles. The van der Waals surface area contributed by atoms with Gasteiger partial charge in [0.1, 0.15) is 0 Å². The number of hydrogen-bond donors (Lipinski definition) is 1. The molecule has 1 saturated carbocycles. The van der Waals surface area contributed by atoms with Crippen molar-refractivity contribution in [3.8, 4) is 0 Å². The van der Waals surface area contributed by atoms with Gasteiger partial charge in [-0.2, -0.15) is 0 Å². The van der Waals surface area contributed by atoms with Crippen LogP contribution < -0.4 is 5.32 Å². The van der Waals surface area contributed by atoms with Gasteiger partial charge in [-0.1, -0.05) is 20.4 Å². The molecule has 4 nitrogen and oxygen atoms in total. The van der Waals surface area contributed by atoms with Crippen LogP contribution in [0.4, 0.5) is 0 Å². The fourth-order valence-corrected chi connectivity index (χ4v) is 2.45. The average Bonchev–Trinajstić information content (AvgIpc) is 2.65. The maximum atomic E-state index is 10.8. The Bertz CT molecular complexity index is 343. The summed E-state index contributed by atoms with van der Waals surface area (Å²) in [6, 6.07) is 0. The molecule has 1 saturated heterocycles. The minimum absolute atomic E-state index is 0.0162. The maximum Gasteiger partial charge on any atom is 0.478 e. The molecule has 2 fully saturated rings. The third-order valence-electron chi connectivity index (χ3n) is 3.75. The lowest BCUT2D eigenvalue weighted by atomic mass is 9.71. The highest BCUT2D eigenvalue weighted by molar-refractivity contribution is 6.45. The van der Waals surface area contributed by atoms with E-state index in [9.17, 15) is 4.79 Å². The van der Waals surface area contributed by atoms with E-state index in [4.69, 9.17) is 9.31 Å². The van der Waals surface area contributed by atoms with E-state index in [1.165, 1.54) is 6.92 Å². The molecule has 0 spiro atoms. The van der Waals surface area contributed by atoms with Gasteiger partial charge >= 0.3 is 7.12 Å². The van der Waals surface area contributed by atoms with Crippen molar-refractivity contribution >= 4 is 13.0 Å². The Balaban J connectivity index is 1.96. The molecule has 1 heterocycles. The van der Waals surface area contributed by atoms with Crippen LogP contribution in [0, 0.1) is 5.41 Å². The topological polar surface area (TPSA) is 47.6 Å². The first kappa shape index (κ1) is 12.6. The first-order valence-electron chi connectivity index (χ1n) is 6.15. The normalized spacial score (nSPS) is 31.2. The molecule has 17 heavy (non-hydrogen) atoms. The lowest BCUT2D eigenvalue weighted by Crippen LogP contribution is -2.37. The van der Waals surface area contributed by atoms with Gasteiger partial charge in [-0.3, -0.25) is 4.79 Å². The lowest BCUT2D eigenvalue weighted by Gasteiger charge is -2.38. The summed E-state index contributed by atoms with van der Waals surface area (Å²) in [6.07, 6.45) is 2.57. The second-order valence-electron chi connectivity index (χ2n) is 5.55. The van der Waals surface area contributed by atoms with E-state index in [1.807, 2.05) is 0 Å². The molecule has 0 aromatic rings. The predicted octanol–water partition coefficient (Wildman–Crippen LogP) is 1.31. The Hall–Kier alpha value is -0.805. The quantitative estimate of drug-likeness (QED) is 0.581. The van der Waals surface area contributed by atoms with Crippen molar-refractivity contribution in [3.63, 3.8) is 0 Å². The summed E-state index contributed by atoms with van der Waals surface area (Å²) < 4.78 is 11.6. The van der Waals surface area contributed by atoms with Crippen molar-refractivity contribution in [2.45, 2.75) is 45.8 Å². The van der Waals surface area contributed by atoms with Crippen LogP contribution in [0.2, 0.25) is 0 Å². The zero-order chi connectivity index (χ0) is 12.6. The van der Waals surface area contributed by atoms with E-state index >= 15 is 0 Å². The molecule has 1 unspecified atom stereocenters. The molecule has 0 radical (unpaired) electrons. The first-order chi connectivity index (χ1) is 7.90. The molecule has 2 rings (SSSR count). The van der Waals surface area contributed by atoms with E-state index in [1.54, 1.807) is 0 Å². The summed E-state index contributed by atoms with van der Waals surface area (Å²) in [5.74, 6) is -0.0637. The Morgan fingerprint density at radius 3 is 2.94 bits per heavy atom. The van der Waals surface area contributed by atoms with E-state index < -0.39 is 0 Å². The molecule has 1 aliphatic carbocycles. The zero-order valence-electron chi connectivity index (χ0n) is 10.8. The molecule has 0 bridgehead atoms. The highest BCUT2D eigenvalue weighted by atomic mass is 16.7. The van der Waals surface area contributed by atoms with Gasteiger partial charge in [0, 0.05) is 6.92 Å². The number of rotatable bonds is 2. The molecular formula is C12H20BNO3. The predicted molar refractivity (Wildman–Crippen MR) is 66.3 cm³/mol. The van der Waals surface area contributed by atoms with Crippen LogP contribution in [0.15, 0.2) is 12.2 Å². The Labute approximate surface area is 103 Å². The summed E-state index contributed by atoms with van der Waals surface area (Å²) in [4.78, 5) is 10.8. The van der Waals surface area contributed by atoms with Gasteiger partial charge in [-0.15, -0.1) is 0 Å². The van der Waals surface area contributed by atoms with Gasteiger partial charge in [0.05, 0.1) is 18.7 Å². The van der Waals surface area contributed by atoms with E-state index in [-0.39, 0.29) is 30.6 Å². The Kier molecular flexibility index (Phi) is 3.32. The lowest BCUT2D eigenvalue weighted by molar-refractivity contribution is -0.118. The number of carbonyl (C=O) groups excluding carboxylic acids is 1. The second-order valence-corrected chi connectivity index (χ2v) is 5.55. The van der Waals surface area contributed by atoms with Crippen LogP contribution >= 0.6 is 0 Å². The second kappa shape index (κ2) is 4.46. The molecule has 1 amide bonds. The fraction of sp³-hybridized carbons (Fsp3) is 0.750. The van der Waals surface area contributed by atoms with Gasteiger partial charge in [-0.05, 0) is 23.8 Å². The molecule has 1 N–H and O–H groups in total. The van der Waals surface area contributed by atoms with E-state index in [0.717, 1.165) is 18.4 Å². The third-order valence-corrected chi connectivity index (χ3v) is 3.75. The summed E-state index contributed by atoms with van der Waals surface area (Å²) in [5.41, 5.74) is 1.23. The molecule has 2 aliphatic rings. The molecule has 5 heteroatoms. The van der Waals surface area contributed by atoms with Crippen LogP contribution in [0.3, 0.4) is 0 Å². The molecule has 0 aromatic heterocycles. The van der Waals surface area contributed by atoms with Crippen LogP contribution in [-0.2, 0) is 14.1 Å². The fourth-order valence-electron chi connectivity index (χ4n) is 2.45. The monoisotopic (exact) mass is 237 g/mol. The minimum Gasteiger partial charge on any atom is -0.404 e. The summed E-state index contributed by atoms with van der Waals surface area (Å²) >= 11 is 0. The average molecular weight is 237 g/mol. The Morgan fingerprint density at radius 1 is 1.59 bits per heavy atom. The van der Waals surface area contributed by atoms with Gasteiger partial charge in [0.2, 0.25) is 5.91 Å². The van der Waals surface area contributed by atoms with Gasteiger partial charge < -0.3 is 14.6 Å². The number of amides is 1. The van der Waals surface area contributed by atoms with Crippen LogP contribution in [0.1, 0.15) is 33.6 Å². The smallest absolute Gasteiger partial charge is 0.404 e. The van der Waals surface area contributed by atoms with Crippen LogP contribution in [-0.4, -0.2) is 31.7 Å². The van der Waals surface area contributed by atoms with Gasteiger partial charge in [0.25, 0.3) is 0 Å². The van der Waals surface area contributed by atoms with E-state index in [2.05, 4.69) is 25.7 Å². The number of carbonyl (C=O) groups is 1. The maximum absolute atomic E-state index is 10.8. The number of fused-ring (bicyclic) bond motifs is 1. The number of nitrogens with one attached hydrogen (secondary N) is 1. The van der Waals surface area contributed by atoms with Crippen LogP contribution in [0.5, 0.6) is 0 Å². The first-order valence-corrected chi connectivity index (χ1v) is 6.15. The van der Waals surface area contributed by atoms with Gasteiger partial charge in [0.15, 0.2) is 0 Å². The summed E-state index contributed by atoms with van der Waals surface area (Å²) in [5, 5.41) is 2.71. The largest absolute Gasteiger partial charge is 0.478 e. The zero-order valence-corrected chi connectivity index (χ0v) is 10.8. The molecule has 2 atom stereocenters. The molecular weight excluding hydrogens is 217 g/mol. The van der Waals surface area contributed by atoms with Crippen LogP contribution in [0.25, 0.3) is 0 Å². The summed E-state index contributed by atoms with van der Waals surface area (Å²) in [7, 11) is -0.334. The number of hydrogen-bond acceptors (Lipinski definition) is 3. The SMILES string of the molecule is C=C1C2OB(CNC(C)=O)O[C@@H]2CCC1(C)C. The van der Waals surface area contributed by atoms with Gasteiger partial charge in [-0.25, -0.2) is 0 Å². The van der Waals surface area contributed by atoms with Crippen molar-refractivity contribution in [3.05, 3.63) is 12.2 Å². The summed E-state index contributed by atoms with van der Waals surface area (Å²) in [6.45, 7) is 10.0. The van der Waals surface area contributed by atoms with E-state index in [0.29, 0.717) is 6.44 Å². The standard InChI is InChI=1S/C12H20BNO3/c1-8-11-10(5-6-12(8,3)4)16-13(17-11)7-14-9(2)15/h10-11H,1,5-7H2,2-4H3,(H,14,15)/t10-,11?/m1/s1. The third kappa shape index (κ3) is 2.55. The van der Waals surface area contributed by atoms with Crippen molar-refractivity contribution in [2.75, 3.05) is 6.44 Å². The highest BCUT2D eigenvalue weighted by Crippen LogP contribution is 2.44. The van der Waals surface area contributed by atoms with Crippen molar-refractivity contribution in [1.29, 1.82) is 0 Å². The van der Waals surface area contributed by atoms with Crippen molar-refractivity contribution < 1.29 is 14.1 Å².